The summed E-state index contributed by atoms with van der Waals surface area (Å²) < 4.78 is 33.1. The summed E-state index contributed by atoms with van der Waals surface area (Å²) in [4.78, 5) is 23.4. The molecule has 2 atom stereocenters. The molecule has 0 aliphatic carbocycles. The van der Waals surface area contributed by atoms with E-state index in [9.17, 15) is 18.0 Å². The minimum Gasteiger partial charge on any atom is -0.465 e. The highest BCUT2D eigenvalue weighted by atomic mass is 32.2. The van der Waals surface area contributed by atoms with Crippen molar-refractivity contribution < 1.29 is 27.5 Å². The molecule has 2 unspecified atom stereocenters. The van der Waals surface area contributed by atoms with Crippen molar-refractivity contribution in [1.82, 2.24) is 0 Å². The molecule has 7 heteroatoms. The monoisotopic (exact) mass is 262 g/mol. The average molecular weight is 262 g/mol. The Kier molecular flexibility index (Phi) is 2.99. The molecule has 0 aromatic heterocycles. The standard InChI is InChI=1S/C10H14O6S/c1-2-15-9(12)8-7(11)5-16-10(8)3-4-17(13,14)6-10/h8H,2-6H2,1H3. The third kappa shape index (κ3) is 2.09. The number of carbonyl (C=O) groups is 2. The largest absolute Gasteiger partial charge is 0.465 e. The Morgan fingerprint density at radius 1 is 1.59 bits per heavy atom. The van der Waals surface area contributed by atoms with Gasteiger partial charge in [-0.25, -0.2) is 8.42 Å². The predicted octanol–water partition coefficient (Wildman–Crippen LogP) is -0.678. The second kappa shape index (κ2) is 4.06. The predicted molar refractivity (Wildman–Crippen MR) is 57.1 cm³/mol. The molecule has 0 saturated carbocycles. The number of rotatable bonds is 2. The molecular weight excluding hydrogens is 248 g/mol. The van der Waals surface area contributed by atoms with Gasteiger partial charge in [0.15, 0.2) is 15.6 Å². The number of ketones is 1. The van der Waals surface area contributed by atoms with Crippen LogP contribution in [-0.4, -0.2) is 50.5 Å². The summed E-state index contributed by atoms with van der Waals surface area (Å²) in [7, 11) is -3.23. The number of hydrogen-bond acceptors (Lipinski definition) is 6. The maximum Gasteiger partial charge on any atom is 0.319 e. The number of carbonyl (C=O) groups excluding carboxylic acids is 2. The smallest absolute Gasteiger partial charge is 0.319 e. The Bertz CT molecular complexity index is 453. The second-order valence-electron chi connectivity index (χ2n) is 4.35. The molecule has 2 fully saturated rings. The summed E-state index contributed by atoms with van der Waals surface area (Å²) in [5.41, 5.74) is -1.18. The average Bonchev–Trinajstić information content (AvgIpc) is 2.69. The first kappa shape index (κ1) is 12.5. The van der Waals surface area contributed by atoms with E-state index in [0.29, 0.717) is 0 Å². The Balaban J connectivity index is 2.28. The minimum atomic E-state index is -3.23. The maximum absolute atomic E-state index is 11.7. The van der Waals surface area contributed by atoms with Gasteiger partial charge in [-0.1, -0.05) is 0 Å². The van der Waals surface area contributed by atoms with E-state index in [1.165, 1.54) is 0 Å². The summed E-state index contributed by atoms with van der Waals surface area (Å²) in [6, 6.07) is 0. The van der Waals surface area contributed by atoms with Crippen molar-refractivity contribution in [1.29, 1.82) is 0 Å². The van der Waals surface area contributed by atoms with E-state index in [4.69, 9.17) is 9.47 Å². The number of ether oxygens (including phenoxy) is 2. The molecule has 2 rings (SSSR count). The van der Waals surface area contributed by atoms with Crippen LogP contribution in [0.2, 0.25) is 0 Å². The fourth-order valence-electron chi connectivity index (χ4n) is 2.43. The second-order valence-corrected chi connectivity index (χ2v) is 6.53. The third-order valence-electron chi connectivity index (χ3n) is 3.17. The van der Waals surface area contributed by atoms with Crippen LogP contribution < -0.4 is 0 Å². The first-order valence-corrected chi connectivity index (χ1v) is 7.26. The highest BCUT2D eigenvalue weighted by molar-refractivity contribution is 7.91. The van der Waals surface area contributed by atoms with Gasteiger partial charge in [-0.3, -0.25) is 9.59 Å². The number of hydrogen-bond donors (Lipinski definition) is 0. The zero-order chi connectivity index (χ0) is 12.7. The molecule has 0 aromatic rings. The topological polar surface area (TPSA) is 86.7 Å². The molecule has 2 aliphatic rings. The van der Waals surface area contributed by atoms with E-state index in [1.54, 1.807) is 6.92 Å². The number of sulfone groups is 1. The Labute approximate surface area is 99.2 Å². The highest BCUT2D eigenvalue weighted by Crippen LogP contribution is 2.39. The van der Waals surface area contributed by atoms with Crippen LogP contribution in [0.4, 0.5) is 0 Å². The van der Waals surface area contributed by atoms with Gasteiger partial charge in [-0.2, -0.15) is 0 Å². The molecule has 2 aliphatic heterocycles. The van der Waals surface area contributed by atoms with E-state index < -0.39 is 27.3 Å². The fourth-order valence-corrected chi connectivity index (χ4v) is 4.37. The van der Waals surface area contributed by atoms with E-state index in [2.05, 4.69) is 0 Å². The summed E-state index contributed by atoms with van der Waals surface area (Å²) in [6.07, 6.45) is 0.185. The molecule has 0 amide bonds. The zero-order valence-electron chi connectivity index (χ0n) is 9.47. The minimum absolute atomic E-state index is 0.0455. The van der Waals surface area contributed by atoms with Crippen molar-refractivity contribution in [3.05, 3.63) is 0 Å². The molecule has 17 heavy (non-hydrogen) atoms. The SMILES string of the molecule is CCOC(=O)C1C(=O)COC12CCS(=O)(=O)C2. The van der Waals surface area contributed by atoms with Crippen LogP contribution in [0.25, 0.3) is 0 Å². The molecule has 6 nitrogen and oxygen atoms in total. The lowest BCUT2D eigenvalue weighted by molar-refractivity contribution is -0.154. The van der Waals surface area contributed by atoms with E-state index >= 15 is 0 Å². The zero-order valence-corrected chi connectivity index (χ0v) is 10.3. The molecule has 2 saturated heterocycles. The summed E-state index contributed by atoms with van der Waals surface area (Å²) >= 11 is 0. The van der Waals surface area contributed by atoms with Crippen molar-refractivity contribution in [2.45, 2.75) is 18.9 Å². The Morgan fingerprint density at radius 3 is 2.82 bits per heavy atom. The molecule has 2 heterocycles. The van der Waals surface area contributed by atoms with Crippen molar-refractivity contribution in [3.8, 4) is 0 Å². The van der Waals surface area contributed by atoms with Gasteiger partial charge in [0, 0.05) is 0 Å². The Morgan fingerprint density at radius 2 is 2.29 bits per heavy atom. The van der Waals surface area contributed by atoms with Gasteiger partial charge in [0.2, 0.25) is 0 Å². The lowest BCUT2D eigenvalue weighted by atomic mass is 9.86. The number of esters is 1. The maximum atomic E-state index is 11.7. The van der Waals surface area contributed by atoms with Gasteiger partial charge in [0.1, 0.15) is 18.1 Å². The van der Waals surface area contributed by atoms with E-state index in [-0.39, 0.29) is 36.9 Å². The van der Waals surface area contributed by atoms with Gasteiger partial charge >= 0.3 is 5.97 Å². The van der Waals surface area contributed by atoms with Crippen LogP contribution in [-0.2, 0) is 28.9 Å². The van der Waals surface area contributed by atoms with Gasteiger partial charge in [-0.15, -0.1) is 0 Å². The van der Waals surface area contributed by atoms with Crippen LogP contribution in [0.1, 0.15) is 13.3 Å². The number of Topliss-reactive ketones (excluding diaryl/α,β-unsaturated/α-hetero) is 1. The van der Waals surface area contributed by atoms with Gasteiger partial charge in [0.05, 0.1) is 18.1 Å². The van der Waals surface area contributed by atoms with E-state index in [0.717, 1.165) is 0 Å². The van der Waals surface area contributed by atoms with Gasteiger partial charge in [0.25, 0.3) is 0 Å². The van der Waals surface area contributed by atoms with Crippen LogP contribution in [0.5, 0.6) is 0 Å². The molecule has 0 bridgehead atoms. The Hall–Kier alpha value is -0.950. The summed E-state index contributed by atoms with van der Waals surface area (Å²) in [5.74, 6) is -2.46. The first-order valence-electron chi connectivity index (χ1n) is 5.44. The van der Waals surface area contributed by atoms with Crippen molar-refractivity contribution in [2.24, 2.45) is 5.92 Å². The van der Waals surface area contributed by atoms with Crippen LogP contribution >= 0.6 is 0 Å². The lowest BCUT2D eigenvalue weighted by Crippen LogP contribution is -2.43. The van der Waals surface area contributed by atoms with Crippen LogP contribution in [0.15, 0.2) is 0 Å². The van der Waals surface area contributed by atoms with Crippen molar-refractivity contribution >= 4 is 21.6 Å². The molecule has 0 aromatic carbocycles. The van der Waals surface area contributed by atoms with Gasteiger partial charge < -0.3 is 9.47 Å². The third-order valence-corrected chi connectivity index (χ3v) is 4.93. The molecule has 0 N–H and O–H groups in total. The fraction of sp³-hybridized carbons (Fsp3) is 0.800. The van der Waals surface area contributed by atoms with Crippen LogP contribution in [0.3, 0.4) is 0 Å². The summed E-state index contributed by atoms with van der Waals surface area (Å²) in [5, 5.41) is 0. The summed E-state index contributed by atoms with van der Waals surface area (Å²) in [6.45, 7) is 1.58. The van der Waals surface area contributed by atoms with E-state index in [1.807, 2.05) is 0 Å². The molecular formula is C10H14O6S. The van der Waals surface area contributed by atoms with Gasteiger partial charge in [-0.05, 0) is 13.3 Å². The van der Waals surface area contributed by atoms with Crippen LogP contribution in [0, 0.1) is 5.92 Å². The van der Waals surface area contributed by atoms with Crippen molar-refractivity contribution in [2.75, 3.05) is 24.7 Å². The first-order chi connectivity index (χ1) is 7.90. The lowest BCUT2D eigenvalue weighted by Gasteiger charge is -2.25. The molecule has 96 valence electrons. The quantitative estimate of drug-likeness (QED) is 0.484. The normalized spacial score (nSPS) is 35.4. The highest BCUT2D eigenvalue weighted by Gasteiger charge is 2.59. The van der Waals surface area contributed by atoms with Crippen molar-refractivity contribution in [3.63, 3.8) is 0 Å². The molecule has 1 spiro atoms. The molecule has 0 radical (unpaired) electrons.